The summed E-state index contributed by atoms with van der Waals surface area (Å²) in [6, 6.07) is 20.9. The minimum absolute atomic E-state index is 0.177. The average molecular weight is 464 g/mol. The van der Waals surface area contributed by atoms with Gasteiger partial charge in [-0.1, -0.05) is 42.0 Å². The number of nitrogens with zero attached hydrogens (tertiary/aromatic N) is 1. The number of benzene rings is 3. The van der Waals surface area contributed by atoms with Crippen LogP contribution < -0.4 is 9.47 Å². The second kappa shape index (κ2) is 10.4. The number of aryl methyl sites for hydroxylation is 1. The minimum atomic E-state index is -0.338. The van der Waals surface area contributed by atoms with Crippen molar-refractivity contribution < 1.29 is 23.5 Å². The second-order valence-electron chi connectivity index (χ2n) is 7.48. The normalized spacial score (nSPS) is 14.7. The van der Waals surface area contributed by atoms with Crippen molar-refractivity contribution in [3.8, 4) is 11.5 Å². The Kier molecular flexibility index (Phi) is 7.10. The molecule has 0 aromatic heterocycles. The Hall–Kier alpha value is -3.58. The van der Waals surface area contributed by atoms with E-state index in [2.05, 4.69) is 0 Å². The van der Waals surface area contributed by atoms with Crippen LogP contribution in [0.15, 0.2) is 77.7 Å². The van der Waals surface area contributed by atoms with E-state index in [4.69, 9.17) is 9.47 Å². The van der Waals surface area contributed by atoms with E-state index in [0.717, 1.165) is 28.5 Å². The molecule has 3 aromatic carbocycles. The molecule has 33 heavy (non-hydrogen) atoms. The molecule has 1 aliphatic rings. The van der Waals surface area contributed by atoms with Crippen LogP contribution in [-0.2, 0) is 11.4 Å². The summed E-state index contributed by atoms with van der Waals surface area (Å²) >= 11 is 0.909. The number of hydrogen-bond acceptors (Lipinski definition) is 5. The molecule has 3 aromatic rings. The fraction of sp³-hybridized carbons (Fsp3) is 0.154. The summed E-state index contributed by atoms with van der Waals surface area (Å²) < 4.78 is 24.4. The van der Waals surface area contributed by atoms with Crippen molar-refractivity contribution in [2.24, 2.45) is 0 Å². The van der Waals surface area contributed by atoms with Gasteiger partial charge in [-0.2, -0.15) is 0 Å². The van der Waals surface area contributed by atoms with Crippen LogP contribution in [0.4, 0.5) is 9.18 Å². The van der Waals surface area contributed by atoms with Gasteiger partial charge in [-0.05, 0) is 72.3 Å². The number of hydrogen-bond donors (Lipinski definition) is 0. The number of halogens is 1. The zero-order valence-electron chi connectivity index (χ0n) is 18.0. The lowest BCUT2D eigenvalue weighted by Gasteiger charge is -2.13. The van der Waals surface area contributed by atoms with Gasteiger partial charge in [-0.15, -0.1) is 0 Å². The summed E-state index contributed by atoms with van der Waals surface area (Å²) in [5.74, 6) is 0.672. The van der Waals surface area contributed by atoms with Crippen LogP contribution in [0.25, 0.3) is 6.08 Å². The highest BCUT2D eigenvalue weighted by atomic mass is 32.2. The van der Waals surface area contributed by atoms with E-state index in [1.54, 1.807) is 30.3 Å². The Morgan fingerprint density at radius 1 is 0.939 bits per heavy atom. The summed E-state index contributed by atoms with van der Waals surface area (Å²) in [5.41, 5.74) is 2.71. The van der Waals surface area contributed by atoms with E-state index in [1.807, 2.05) is 43.3 Å². The Bertz CT molecular complexity index is 1180. The fourth-order valence-electron chi connectivity index (χ4n) is 3.17. The van der Waals surface area contributed by atoms with E-state index < -0.39 is 0 Å². The number of thioether (sulfide) groups is 1. The molecule has 0 saturated carbocycles. The number of amides is 2. The summed E-state index contributed by atoms with van der Waals surface area (Å²) in [4.78, 5) is 26.6. The number of carbonyl (C=O) groups excluding carboxylic acids is 2. The molecule has 0 radical (unpaired) electrons. The first-order valence-electron chi connectivity index (χ1n) is 10.4. The first-order valence-corrected chi connectivity index (χ1v) is 11.2. The number of imide groups is 1. The molecule has 0 atom stereocenters. The van der Waals surface area contributed by atoms with Crippen molar-refractivity contribution in [2.45, 2.75) is 13.5 Å². The standard InChI is InChI=1S/C26H22FNO4S/c1-18-5-11-22(12-6-18)31-14-13-28-25(29)24(33-26(28)30)16-20-3-2-4-23(15-20)32-17-19-7-9-21(27)10-8-19/h2-12,15-16H,13-14,17H2,1H3/b24-16-. The van der Waals surface area contributed by atoms with Gasteiger partial charge in [0.1, 0.15) is 30.5 Å². The smallest absolute Gasteiger partial charge is 0.293 e. The van der Waals surface area contributed by atoms with Gasteiger partial charge >= 0.3 is 0 Å². The van der Waals surface area contributed by atoms with Crippen molar-refractivity contribution in [3.63, 3.8) is 0 Å². The van der Waals surface area contributed by atoms with Crippen LogP contribution in [0.5, 0.6) is 11.5 Å². The van der Waals surface area contributed by atoms with Gasteiger partial charge in [0.05, 0.1) is 11.4 Å². The van der Waals surface area contributed by atoms with Crippen molar-refractivity contribution in [3.05, 3.63) is 100 Å². The zero-order chi connectivity index (χ0) is 23.2. The first-order chi connectivity index (χ1) is 16.0. The van der Waals surface area contributed by atoms with E-state index in [-0.39, 0.29) is 30.1 Å². The third-order valence-corrected chi connectivity index (χ3v) is 5.86. The molecule has 0 spiro atoms. The quantitative estimate of drug-likeness (QED) is 0.394. The van der Waals surface area contributed by atoms with Crippen molar-refractivity contribution in [2.75, 3.05) is 13.2 Å². The van der Waals surface area contributed by atoms with E-state index in [0.29, 0.717) is 23.0 Å². The molecule has 7 heteroatoms. The molecule has 1 aliphatic heterocycles. The molecule has 1 heterocycles. The maximum absolute atomic E-state index is 13.0. The highest BCUT2D eigenvalue weighted by molar-refractivity contribution is 8.18. The number of ether oxygens (including phenoxy) is 2. The maximum Gasteiger partial charge on any atom is 0.293 e. The molecule has 0 bridgehead atoms. The molecule has 2 amide bonds. The molecule has 0 aliphatic carbocycles. The molecule has 0 unspecified atom stereocenters. The van der Waals surface area contributed by atoms with Gasteiger partial charge in [-0.3, -0.25) is 14.5 Å². The molecule has 1 saturated heterocycles. The summed E-state index contributed by atoms with van der Waals surface area (Å²) in [5, 5.41) is -0.317. The van der Waals surface area contributed by atoms with Gasteiger partial charge < -0.3 is 9.47 Å². The van der Waals surface area contributed by atoms with Crippen molar-refractivity contribution in [1.82, 2.24) is 4.90 Å². The average Bonchev–Trinajstić information content (AvgIpc) is 3.07. The zero-order valence-corrected chi connectivity index (χ0v) is 18.8. The monoisotopic (exact) mass is 463 g/mol. The van der Waals surface area contributed by atoms with E-state index in [1.165, 1.54) is 17.0 Å². The maximum atomic E-state index is 13.0. The van der Waals surface area contributed by atoms with Crippen LogP contribution in [0, 0.1) is 12.7 Å². The Morgan fingerprint density at radius 2 is 1.70 bits per heavy atom. The number of carbonyl (C=O) groups is 2. The predicted molar refractivity (Wildman–Crippen MR) is 127 cm³/mol. The van der Waals surface area contributed by atoms with Crippen molar-refractivity contribution >= 4 is 29.0 Å². The van der Waals surface area contributed by atoms with Crippen LogP contribution >= 0.6 is 11.8 Å². The van der Waals surface area contributed by atoms with Crippen LogP contribution in [0.3, 0.4) is 0 Å². The Balaban J connectivity index is 1.35. The summed E-state index contributed by atoms with van der Waals surface area (Å²) in [6.07, 6.45) is 1.68. The van der Waals surface area contributed by atoms with E-state index in [9.17, 15) is 14.0 Å². The van der Waals surface area contributed by atoms with Crippen LogP contribution in [0.2, 0.25) is 0 Å². The molecular formula is C26H22FNO4S. The second-order valence-corrected chi connectivity index (χ2v) is 8.48. The topological polar surface area (TPSA) is 55.8 Å². The summed E-state index contributed by atoms with van der Waals surface area (Å²) in [7, 11) is 0. The third-order valence-electron chi connectivity index (χ3n) is 4.95. The molecular weight excluding hydrogens is 441 g/mol. The SMILES string of the molecule is Cc1ccc(OCCN2C(=O)S/C(=C\c3cccc(OCc4ccc(F)cc4)c3)C2=O)cc1. The van der Waals surface area contributed by atoms with Crippen molar-refractivity contribution in [1.29, 1.82) is 0 Å². The first kappa shape index (κ1) is 22.6. The van der Waals surface area contributed by atoms with Gasteiger partial charge in [0, 0.05) is 0 Å². The highest BCUT2D eigenvalue weighted by Gasteiger charge is 2.34. The predicted octanol–water partition coefficient (Wildman–Crippen LogP) is 5.83. The van der Waals surface area contributed by atoms with Gasteiger partial charge in [0.2, 0.25) is 0 Å². The summed E-state index contributed by atoms with van der Waals surface area (Å²) in [6.45, 7) is 2.68. The third kappa shape index (κ3) is 6.02. The Morgan fingerprint density at radius 3 is 2.45 bits per heavy atom. The number of rotatable bonds is 8. The molecule has 5 nitrogen and oxygen atoms in total. The highest BCUT2D eigenvalue weighted by Crippen LogP contribution is 2.32. The van der Waals surface area contributed by atoms with Crippen LogP contribution in [0.1, 0.15) is 16.7 Å². The Labute approximate surface area is 195 Å². The van der Waals surface area contributed by atoms with Crippen LogP contribution in [-0.4, -0.2) is 29.2 Å². The molecule has 0 N–H and O–H groups in total. The minimum Gasteiger partial charge on any atom is -0.492 e. The lowest BCUT2D eigenvalue weighted by molar-refractivity contribution is -0.123. The fourth-order valence-corrected chi connectivity index (χ4v) is 4.04. The molecule has 168 valence electrons. The molecule has 4 rings (SSSR count). The largest absolute Gasteiger partial charge is 0.492 e. The van der Waals surface area contributed by atoms with Gasteiger partial charge in [0.15, 0.2) is 0 Å². The molecule has 1 fully saturated rings. The van der Waals surface area contributed by atoms with Gasteiger partial charge in [0.25, 0.3) is 11.1 Å². The van der Waals surface area contributed by atoms with E-state index >= 15 is 0 Å². The van der Waals surface area contributed by atoms with Gasteiger partial charge in [-0.25, -0.2) is 4.39 Å². The lowest BCUT2D eigenvalue weighted by atomic mass is 10.2. The lowest BCUT2D eigenvalue weighted by Crippen LogP contribution is -2.32.